The normalized spacial score (nSPS) is 16.8. The molecule has 0 radical (unpaired) electrons. The summed E-state index contributed by atoms with van der Waals surface area (Å²) in [5.41, 5.74) is 2.87. The molecule has 0 saturated carbocycles. The van der Waals surface area contributed by atoms with Crippen molar-refractivity contribution in [2.45, 2.75) is 25.2 Å². The van der Waals surface area contributed by atoms with Gasteiger partial charge < -0.3 is 10.2 Å². The fourth-order valence-electron chi connectivity index (χ4n) is 3.54. The van der Waals surface area contributed by atoms with Gasteiger partial charge in [0.25, 0.3) is 0 Å². The molecule has 1 aliphatic heterocycles. The molecule has 6 nitrogen and oxygen atoms in total. The van der Waals surface area contributed by atoms with E-state index in [2.05, 4.69) is 10.2 Å². The van der Waals surface area contributed by atoms with Gasteiger partial charge in [-0.25, -0.2) is 12.8 Å². The van der Waals surface area contributed by atoms with E-state index in [9.17, 15) is 17.6 Å². The molecular formula is C22H28FN3O3S. The number of carbonyl (C=O) groups is 1. The SMILES string of the molecule is Cc1ccc(S(=O)(=O)N(C)CC(=O)NCC2CCN(c3ccc(F)cc3)C2)cc1C. The maximum Gasteiger partial charge on any atom is 0.243 e. The van der Waals surface area contributed by atoms with E-state index in [1.807, 2.05) is 13.8 Å². The number of amides is 1. The first-order chi connectivity index (χ1) is 14.2. The van der Waals surface area contributed by atoms with Crippen LogP contribution in [0.3, 0.4) is 0 Å². The van der Waals surface area contributed by atoms with E-state index in [0.717, 1.165) is 40.6 Å². The fraction of sp³-hybridized carbons (Fsp3) is 0.409. The molecule has 1 saturated heterocycles. The van der Waals surface area contributed by atoms with Crippen molar-refractivity contribution in [2.75, 3.05) is 38.1 Å². The number of nitrogens with zero attached hydrogens (tertiary/aromatic N) is 2. The zero-order valence-electron chi connectivity index (χ0n) is 17.6. The minimum Gasteiger partial charge on any atom is -0.371 e. The van der Waals surface area contributed by atoms with Gasteiger partial charge in [-0.3, -0.25) is 4.79 Å². The highest BCUT2D eigenvalue weighted by molar-refractivity contribution is 7.89. The molecule has 1 N–H and O–H groups in total. The van der Waals surface area contributed by atoms with E-state index in [-0.39, 0.29) is 29.1 Å². The van der Waals surface area contributed by atoms with Gasteiger partial charge in [0.1, 0.15) is 5.82 Å². The largest absolute Gasteiger partial charge is 0.371 e. The van der Waals surface area contributed by atoms with Crippen LogP contribution in [0.1, 0.15) is 17.5 Å². The van der Waals surface area contributed by atoms with Crippen LogP contribution in [0, 0.1) is 25.6 Å². The third-order valence-corrected chi connectivity index (χ3v) is 7.42. The van der Waals surface area contributed by atoms with Gasteiger partial charge in [0.15, 0.2) is 0 Å². The summed E-state index contributed by atoms with van der Waals surface area (Å²) in [4.78, 5) is 14.7. The molecule has 0 bridgehead atoms. The van der Waals surface area contributed by atoms with E-state index < -0.39 is 10.0 Å². The lowest BCUT2D eigenvalue weighted by Crippen LogP contribution is -2.40. The van der Waals surface area contributed by atoms with E-state index in [1.54, 1.807) is 30.3 Å². The Kier molecular flexibility index (Phi) is 6.77. The Morgan fingerprint density at radius 1 is 1.17 bits per heavy atom. The van der Waals surface area contributed by atoms with Gasteiger partial charge in [0.05, 0.1) is 11.4 Å². The van der Waals surface area contributed by atoms with Crippen LogP contribution in [0.2, 0.25) is 0 Å². The van der Waals surface area contributed by atoms with Crippen LogP contribution in [0.15, 0.2) is 47.4 Å². The predicted octanol–water partition coefficient (Wildman–Crippen LogP) is 2.71. The second kappa shape index (κ2) is 9.14. The number of halogens is 1. The van der Waals surface area contributed by atoms with Crippen molar-refractivity contribution >= 4 is 21.6 Å². The number of nitrogens with one attached hydrogen (secondary N) is 1. The van der Waals surface area contributed by atoms with Crippen LogP contribution < -0.4 is 10.2 Å². The number of rotatable bonds is 7. The first-order valence-corrected chi connectivity index (χ1v) is 11.4. The summed E-state index contributed by atoms with van der Waals surface area (Å²) >= 11 is 0. The molecule has 30 heavy (non-hydrogen) atoms. The van der Waals surface area contributed by atoms with Crippen molar-refractivity contribution in [1.82, 2.24) is 9.62 Å². The van der Waals surface area contributed by atoms with E-state index >= 15 is 0 Å². The van der Waals surface area contributed by atoms with Gasteiger partial charge in [0, 0.05) is 32.4 Å². The van der Waals surface area contributed by atoms with Crippen LogP contribution in [0.25, 0.3) is 0 Å². The summed E-state index contributed by atoms with van der Waals surface area (Å²) in [7, 11) is -2.31. The molecule has 0 aromatic heterocycles. The first-order valence-electron chi connectivity index (χ1n) is 9.97. The lowest BCUT2D eigenvalue weighted by molar-refractivity contribution is -0.121. The first kappa shape index (κ1) is 22.2. The molecule has 8 heteroatoms. The standard InChI is InChI=1S/C22H28FN3O3S/c1-16-4-9-21(12-17(16)2)30(28,29)25(3)15-22(27)24-13-18-10-11-26(14-18)20-7-5-19(23)6-8-20/h4-9,12,18H,10-11,13-15H2,1-3H3,(H,24,27). The number of aryl methyl sites for hydroxylation is 2. The van der Waals surface area contributed by atoms with Gasteiger partial charge in [-0.2, -0.15) is 4.31 Å². The third-order valence-electron chi connectivity index (χ3n) is 5.62. The number of benzene rings is 2. The van der Waals surface area contributed by atoms with E-state index in [1.165, 1.54) is 19.2 Å². The quantitative estimate of drug-likeness (QED) is 0.729. The Morgan fingerprint density at radius 3 is 2.53 bits per heavy atom. The van der Waals surface area contributed by atoms with E-state index in [4.69, 9.17) is 0 Å². The molecule has 1 atom stereocenters. The summed E-state index contributed by atoms with van der Waals surface area (Å²) in [6.07, 6.45) is 0.911. The highest BCUT2D eigenvalue weighted by atomic mass is 32.2. The van der Waals surface area contributed by atoms with E-state index in [0.29, 0.717) is 6.54 Å². The van der Waals surface area contributed by atoms with Crippen molar-refractivity contribution in [1.29, 1.82) is 0 Å². The minimum atomic E-state index is -3.73. The molecule has 1 unspecified atom stereocenters. The monoisotopic (exact) mass is 433 g/mol. The minimum absolute atomic E-state index is 0.187. The summed E-state index contributed by atoms with van der Waals surface area (Å²) in [5, 5.41) is 2.85. The maximum absolute atomic E-state index is 13.1. The molecule has 2 aromatic rings. The number of likely N-dealkylation sites (N-methyl/N-ethyl adjacent to an activating group) is 1. The fourth-order valence-corrected chi connectivity index (χ4v) is 4.75. The van der Waals surface area contributed by atoms with Gasteiger partial charge in [-0.1, -0.05) is 6.07 Å². The number of anilines is 1. The second-order valence-corrected chi connectivity index (χ2v) is 9.93. The van der Waals surface area contributed by atoms with Gasteiger partial charge in [-0.15, -0.1) is 0 Å². The number of sulfonamides is 1. The molecule has 162 valence electrons. The average Bonchev–Trinajstić information content (AvgIpc) is 3.18. The molecule has 3 rings (SSSR count). The molecule has 1 fully saturated rings. The van der Waals surface area contributed by atoms with Crippen LogP contribution >= 0.6 is 0 Å². The van der Waals surface area contributed by atoms with Gasteiger partial charge >= 0.3 is 0 Å². The summed E-state index contributed by atoms with van der Waals surface area (Å²) in [6.45, 7) is 5.63. The van der Waals surface area contributed by atoms with Crippen molar-refractivity contribution in [3.63, 3.8) is 0 Å². The van der Waals surface area contributed by atoms with Crippen molar-refractivity contribution in [3.8, 4) is 0 Å². The number of hydrogen-bond acceptors (Lipinski definition) is 4. The molecule has 1 amide bonds. The number of hydrogen-bond donors (Lipinski definition) is 1. The molecule has 0 aliphatic carbocycles. The van der Waals surface area contributed by atoms with Gasteiger partial charge in [-0.05, 0) is 73.7 Å². The molecule has 0 spiro atoms. The summed E-state index contributed by atoms with van der Waals surface area (Å²) < 4.78 is 39.6. The van der Waals surface area contributed by atoms with Crippen LogP contribution in [-0.2, 0) is 14.8 Å². The predicted molar refractivity (Wildman–Crippen MR) is 115 cm³/mol. The lowest BCUT2D eigenvalue weighted by Gasteiger charge is -2.20. The number of carbonyl (C=O) groups excluding carboxylic acids is 1. The molecule has 1 heterocycles. The Bertz CT molecular complexity index is 1010. The summed E-state index contributed by atoms with van der Waals surface area (Å²) in [5.74, 6) is -0.326. The lowest BCUT2D eigenvalue weighted by atomic mass is 10.1. The zero-order valence-corrected chi connectivity index (χ0v) is 18.4. The van der Waals surface area contributed by atoms with Crippen LogP contribution in [0.4, 0.5) is 10.1 Å². The van der Waals surface area contributed by atoms with Crippen molar-refractivity contribution in [3.05, 3.63) is 59.4 Å². The van der Waals surface area contributed by atoms with Crippen LogP contribution in [0.5, 0.6) is 0 Å². The molecular weight excluding hydrogens is 405 g/mol. The average molecular weight is 434 g/mol. The van der Waals surface area contributed by atoms with Gasteiger partial charge in [0.2, 0.25) is 15.9 Å². The topological polar surface area (TPSA) is 69.7 Å². The Morgan fingerprint density at radius 2 is 1.87 bits per heavy atom. The smallest absolute Gasteiger partial charge is 0.243 e. The zero-order chi connectivity index (χ0) is 21.9. The maximum atomic E-state index is 13.1. The Labute approximate surface area is 177 Å². The molecule has 1 aliphatic rings. The Hall–Kier alpha value is -2.45. The third kappa shape index (κ3) is 5.17. The van der Waals surface area contributed by atoms with Crippen LogP contribution in [-0.4, -0.2) is 51.9 Å². The Balaban J connectivity index is 1.50. The van der Waals surface area contributed by atoms with Crippen molar-refractivity contribution < 1.29 is 17.6 Å². The highest BCUT2D eigenvalue weighted by Gasteiger charge is 2.26. The highest BCUT2D eigenvalue weighted by Crippen LogP contribution is 2.23. The second-order valence-electron chi connectivity index (χ2n) is 7.89. The van der Waals surface area contributed by atoms with Crippen molar-refractivity contribution in [2.24, 2.45) is 5.92 Å². The molecule has 2 aromatic carbocycles. The summed E-state index contributed by atoms with van der Waals surface area (Å²) in [6, 6.07) is 11.3.